The van der Waals surface area contributed by atoms with E-state index in [4.69, 9.17) is 0 Å². The molecule has 1 aromatic rings. The van der Waals surface area contributed by atoms with Gasteiger partial charge in [-0.05, 0) is 25.0 Å². The number of benzene rings is 1. The van der Waals surface area contributed by atoms with E-state index >= 15 is 0 Å². The predicted octanol–water partition coefficient (Wildman–Crippen LogP) is 0.673. The fourth-order valence-electron chi connectivity index (χ4n) is 2.90. The monoisotopic (exact) mass is 328 g/mol. The summed E-state index contributed by atoms with van der Waals surface area (Å²) in [7, 11) is 0. The molecular weight excluding hydrogens is 308 g/mol. The Kier molecular flexibility index (Phi) is 4.88. The lowest BCUT2D eigenvalue weighted by molar-refractivity contribution is -0.121. The molecule has 0 spiro atoms. The number of carbonyl (C=O) groups excluding carboxylic acids is 3. The van der Waals surface area contributed by atoms with Gasteiger partial charge < -0.3 is 10.2 Å². The summed E-state index contributed by atoms with van der Waals surface area (Å²) >= 11 is 0. The summed E-state index contributed by atoms with van der Waals surface area (Å²) in [5, 5.41) is 6.74. The van der Waals surface area contributed by atoms with Crippen LogP contribution in [0.2, 0.25) is 0 Å². The molecule has 24 heavy (non-hydrogen) atoms. The molecule has 0 bridgehead atoms. The summed E-state index contributed by atoms with van der Waals surface area (Å²) in [6.45, 7) is 1.23. The zero-order valence-electron chi connectivity index (χ0n) is 13.3. The molecule has 2 aliphatic heterocycles. The van der Waals surface area contributed by atoms with Crippen molar-refractivity contribution < 1.29 is 14.4 Å². The number of rotatable bonds is 3. The van der Waals surface area contributed by atoms with Crippen molar-refractivity contribution >= 4 is 23.4 Å². The predicted molar refractivity (Wildman–Crippen MR) is 88.3 cm³/mol. The minimum absolute atomic E-state index is 0.0256. The normalized spacial score (nSPS) is 18.6. The van der Waals surface area contributed by atoms with Crippen molar-refractivity contribution in [1.29, 1.82) is 0 Å². The summed E-state index contributed by atoms with van der Waals surface area (Å²) in [6.07, 6.45) is 2.08. The topological polar surface area (TPSA) is 90.9 Å². The lowest BCUT2D eigenvalue weighted by Gasteiger charge is -2.32. The lowest BCUT2D eigenvalue weighted by Crippen LogP contribution is -2.48. The van der Waals surface area contributed by atoms with Crippen molar-refractivity contribution in [2.45, 2.75) is 31.7 Å². The van der Waals surface area contributed by atoms with E-state index in [-0.39, 0.29) is 30.2 Å². The third-order valence-corrected chi connectivity index (χ3v) is 4.30. The van der Waals surface area contributed by atoms with Gasteiger partial charge in [-0.15, -0.1) is 0 Å². The Bertz CT molecular complexity index is 664. The molecule has 0 atom stereocenters. The lowest BCUT2D eigenvalue weighted by atomic mass is 10.0. The van der Waals surface area contributed by atoms with E-state index < -0.39 is 0 Å². The van der Waals surface area contributed by atoms with Crippen LogP contribution < -0.4 is 10.7 Å². The largest absolute Gasteiger partial charge is 0.348 e. The summed E-state index contributed by atoms with van der Waals surface area (Å²) in [5.74, 6) is -0.373. The van der Waals surface area contributed by atoms with Gasteiger partial charge in [0.1, 0.15) is 5.71 Å². The van der Waals surface area contributed by atoms with Crippen LogP contribution in [0.1, 0.15) is 36.0 Å². The van der Waals surface area contributed by atoms with Gasteiger partial charge in [-0.1, -0.05) is 18.2 Å². The second-order valence-electron chi connectivity index (χ2n) is 6.00. The molecule has 0 aliphatic carbocycles. The molecule has 1 saturated heterocycles. The Morgan fingerprint density at radius 3 is 2.46 bits per heavy atom. The smallest absolute Gasteiger partial charge is 0.267 e. The molecule has 0 aromatic heterocycles. The molecular formula is C17H20N4O3. The van der Waals surface area contributed by atoms with Crippen molar-refractivity contribution in [3.05, 3.63) is 35.9 Å². The number of hydrogen-bond acceptors (Lipinski definition) is 4. The van der Waals surface area contributed by atoms with Crippen LogP contribution in [0, 0.1) is 0 Å². The molecule has 0 radical (unpaired) electrons. The summed E-state index contributed by atoms with van der Waals surface area (Å²) in [6, 6.07) is 9.23. The maximum Gasteiger partial charge on any atom is 0.267 e. The standard InChI is InChI=1S/C17H20N4O3/c22-15-7-6-14(19-20-15)16(23)18-13-8-10-21(11-9-13)17(24)12-4-2-1-3-5-12/h1-5,13H,6-11H2,(H,18,23)(H,20,22). The van der Waals surface area contributed by atoms with Gasteiger partial charge in [0.15, 0.2) is 0 Å². The van der Waals surface area contributed by atoms with Crippen LogP contribution >= 0.6 is 0 Å². The fourth-order valence-corrected chi connectivity index (χ4v) is 2.90. The van der Waals surface area contributed by atoms with Gasteiger partial charge >= 0.3 is 0 Å². The zero-order valence-corrected chi connectivity index (χ0v) is 13.3. The average Bonchev–Trinajstić information content (AvgIpc) is 2.63. The van der Waals surface area contributed by atoms with Crippen molar-refractivity contribution in [2.75, 3.05) is 13.1 Å². The van der Waals surface area contributed by atoms with Crippen molar-refractivity contribution in [3.63, 3.8) is 0 Å². The number of likely N-dealkylation sites (tertiary alicyclic amines) is 1. The van der Waals surface area contributed by atoms with Crippen molar-refractivity contribution in [2.24, 2.45) is 5.10 Å². The molecule has 1 fully saturated rings. The van der Waals surface area contributed by atoms with E-state index in [1.807, 2.05) is 35.2 Å². The van der Waals surface area contributed by atoms with Gasteiger partial charge in [0.2, 0.25) is 5.91 Å². The van der Waals surface area contributed by atoms with E-state index in [1.165, 1.54) is 0 Å². The Morgan fingerprint density at radius 2 is 1.83 bits per heavy atom. The van der Waals surface area contributed by atoms with Crippen LogP contribution in [0.3, 0.4) is 0 Å². The van der Waals surface area contributed by atoms with E-state index in [2.05, 4.69) is 15.8 Å². The molecule has 1 aromatic carbocycles. The van der Waals surface area contributed by atoms with E-state index in [0.717, 1.165) is 0 Å². The highest BCUT2D eigenvalue weighted by molar-refractivity contribution is 6.39. The van der Waals surface area contributed by atoms with E-state index in [1.54, 1.807) is 0 Å². The minimum Gasteiger partial charge on any atom is -0.348 e. The molecule has 2 aliphatic rings. The third-order valence-electron chi connectivity index (χ3n) is 4.30. The zero-order chi connectivity index (χ0) is 16.9. The van der Waals surface area contributed by atoms with Gasteiger partial charge in [-0.3, -0.25) is 14.4 Å². The van der Waals surface area contributed by atoms with Crippen LogP contribution in [0.25, 0.3) is 0 Å². The van der Waals surface area contributed by atoms with Crippen LogP contribution in [0.15, 0.2) is 35.4 Å². The maximum atomic E-state index is 12.4. The minimum atomic E-state index is -0.233. The first-order valence-electron chi connectivity index (χ1n) is 8.14. The van der Waals surface area contributed by atoms with Crippen LogP contribution in [-0.4, -0.2) is 47.5 Å². The van der Waals surface area contributed by atoms with E-state index in [0.29, 0.717) is 43.6 Å². The Labute approximate surface area is 140 Å². The molecule has 2 heterocycles. The van der Waals surface area contributed by atoms with Crippen molar-refractivity contribution in [3.8, 4) is 0 Å². The number of hydrazone groups is 1. The number of piperidine rings is 1. The molecule has 7 heteroatoms. The first-order chi connectivity index (χ1) is 11.6. The third kappa shape index (κ3) is 3.79. The Hall–Kier alpha value is -2.70. The van der Waals surface area contributed by atoms with E-state index in [9.17, 15) is 14.4 Å². The second kappa shape index (κ2) is 7.25. The van der Waals surface area contributed by atoms with Gasteiger partial charge in [-0.2, -0.15) is 5.10 Å². The summed E-state index contributed by atoms with van der Waals surface area (Å²) in [5.41, 5.74) is 3.37. The fraction of sp³-hybridized carbons (Fsp3) is 0.412. The highest BCUT2D eigenvalue weighted by atomic mass is 16.2. The molecule has 7 nitrogen and oxygen atoms in total. The first kappa shape index (κ1) is 16.2. The van der Waals surface area contributed by atoms with Gasteiger partial charge in [0.25, 0.3) is 11.8 Å². The van der Waals surface area contributed by atoms with Crippen LogP contribution in [0.4, 0.5) is 0 Å². The highest BCUT2D eigenvalue weighted by Crippen LogP contribution is 2.14. The van der Waals surface area contributed by atoms with Gasteiger partial charge in [0.05, 0.1) is 0 Å². The molecule has 3 rings (SSSR count). The molecule has 0 unspecified atom stereocenters. The quantitative estimate of drug-likeness (QED) is 0.854. The summed E-state index contributed by atoms with van der Waals surface area (Å²) in [4.78, 5) is 37.4. The Balaban J connectivity index is 1.49. The Morgan fingerprint density at radius 1 is 1.12 bits per heavy atom. The van der Waals surface area contributed by atoms with Crippen LogP contribution in [0.5, 0.6) is 0 Å². The number of nitrogens with one attached hydrogen (secondary N) is 2. The molecule has 2 N–H and O–H groups in total. The van der Waals surface area contributed by atoms with Gasteiger partial charge in [-0.25, -0.2) is 5.43 Å². The summed E-state index contributed by atoms with van der Waals surface area (Å²) < 4.78 is 0. The van der Waals surface area contributed by atoms with Gasteiger partial charge in [0, 0.05) is 37.5 Å². The number of amides is 3. The average molecular weight is 328 g/mol. The molecule has 3 amide bonds. The first-order valence-corrected chi connectivity index (χ1v) is 8.14. The van der Waals surface area contributed by atoms with Crippen molar-refractivity contribution in [1.82, 2.24) is 15.6 Å². The number of hydrogen-bond donors (Lipinski definition) is 2. The second-order valence-corrected chi connectivity index (χ2v) is 6.00. The molecule has 126 valence electrons. The highest BCUT2D eigenvalue weighted by Gasteiger charge is 2.26. The maximum absolute atomic E-state index is 12.4. The number of carbonyl (C=O) groups is 3. The SMILES string of the molecule is O=C1CCC(C(=O)NC2CCN(C(=O)c3ccccc3)CC2)=NN1. The number of nitrogens with zero attached hydrogens (tertiary/aromatic N) is 2. The van der Waals surface area contributed by atoms with Crippen LogP contribution in [-0.2, 0) is 9.59 Å². The molecule has 0 saturated carbocycles.